The summed E-state index contributed by atoms with van der Waals surface area (Å²) in [4.78, 5) is 24.1. The lowest BCUT2D eigenvalue weighted by Crippen LogP contribution is -2.29. The van der Waals surface area contributed by atoms with Crippen molar-refractivity contribution in [2.45, 2.75) is 20.0 Å². The van der Waals surface area contributed by atoms with Gasteiger partial charge in [-0.15, -0.1) is 0 Å². The third-order valence-electron chi connectivity index (χ3n) is 3.70. The minimum absolute atomic E-state index is 0.0644. The van der Waals surface area contributed by atoms with Crippen molar-refractivity contribution in [3.05, 3.63) is 78.3 Å². The molecule has 6 nitrogen and oxygen atoms in total. The number of esters is 1. The molecule has 1 heterocycles. The van der Waals surface area contributed by atoms with E-state index in [1.807, 2.05) is 30.3 Å². The van der Waals surface area contributed by atoms with E-state index in [2.05, 4.69) is 5.32 Å². The van der Waals surface area contributed by atoms with E-state index in [0.29, 0.717) is 17.2 Å². The maximum absolute atomic E-state index is 12.2. The minimum Gasteiger partial charge on any atom is -0.457 e. The van der Waals surface area contributed by atoms with Gasteiger partial charge >= 0.3 is 5.97 Å². The van der Waals surface area contributed by atoms with Gasteiger partial charge in [0, 0.05) is 5.69 Å². The number of rotatable bonds is 6. The summed E-state index contributed by atoms with van der Waals surface area (Å²) in [5.41, 5.74) is 0.567. The van der Waals surface area contributed by atoms with Crippen molar-refractivity contribution in [1.29, 1.82) is 0 Å². The smallest absolute Gasteiger partial charge is 0.375 e. The Bertz CT molecular complexity index is 915. The van der Waals surface area contributed by atoms with Gasteiger partial charge in [-0.25, -0.2) is 4.79 Å². The normalized spacial score (nSPS) is 11.5. The zero-order valence-electron chi connectivity index (χ0n) is 15.0. The van der Waals surface area contributed by atoms with Crippen LogP contribution in [0.15, 0.2) is 71.1 Å². The molecular weight excluding hydrogens is 346 g/mol. The number of carbonyl (C=O) groups is 2. The van der Waals surface area contributed by atoms with Crippen molar-refractivity contribution < 1.29 is 23.5 Å². The second kappa shape index (κ2) is 8.23. The molecule has 0 aliphatic carbocycles. The van der Waals surface area contributed by atoms with Crippen LogP contribution in [0.4, 0.5) is 5.69 Å². The second-order valence-electron chi connectivity index (χ2n) is 5.89. The highest BCUT2D eigenvalue weighted by Gasteiger charge is 2.21. The molecule has 0 fully saturated rings. The lowest BCUT2D eigenvalue weighted by Gasteiger charge is -2.13. The molecule has 1 N–H and O–H groups in total. The first-order valence-corrected chi connectivity index (χ1v) is 8.42. The number of nitrogens with one attached hydrogen (secondary N) is 1. The van der Waals surface area contributed by atoms with Gasteiger partial charge in [0.05, 0.1) is 0 Å². The highest BCUT2D eigenvalue weighted by Crippen LogP contribution is 2.22. The van der Waals surface area contributed by atoms with Gasteiger partial charge < -0.3 is 19.2 Å². The Morgan fingerprint density at radius 3 is 2.22 bits per heavy atom. The predicted octanol–water partition coefficient (Wildman–Crippen LogP) is 4.56. The van der Waals surface area contributed by atoms with Crippen LogP contribution in [0.1, 0.15) is 23.2 Å². The molecule has 3 aromatic rings. The standard InChI is InChI=1S/C21H19NO5/c1-14-8-13-19(25-14)21(24)26-15(2)20(23)22-16-9-11-18(12-10-16)27-17-6-4-3-5-7-17/h3-13,15H,1-2H3,(H,22,23). The zero-order valence-corrected chi connectivity index (χ0v) is 15.0. The summed E-state index contributed by atoms with van der Waals surface area (Å²) in [6.07, 6.45) is -0.969. The second-order valence-corrected chi connectivity index (χ2v) is 5.89. The molecule has 1 amide bonds. The maximum atomic E-state index is 12.2. The Labute approximate surface area is 156 Å². The molecule has 0 radical (unpaired) electrons. The number of furan rings is 1. The van der Waals surface area contributed by atoms with Crippen LogP contribution < -0.4 is 10.1 Å². The number of para-hydroxylation sites is 1. The molecular formula is C21H19NO5. The summed E-state index contributed by atoms with van der Waals surface area (Å²) in [7, 11) is 0. The molecule has 6 heteroatoms. The van der Waals surface area contributed by atoms with E-state index < -0.39 is 18.0 Å². The third kappa shape index (κ3) is 4.98. The van der Waals surface area contributed by atoms with Crippen LogP contribution in [0.5, 0.6) is 11.5 Å². The highest BCUT2D eigenvalue weighted by atomic mass is 16.6. The molecule has 0 bridgehead atoms. The summed E-state index contributed by atoms with van der Waals surface area (Å²) in [6, 6.07) is 19.4. The Morgan fingerprint density at radius 2 is 1.59 bits per heavy atom. The summed E-state index contributed by atoms with van der Waals surface area (Å²) in [5, 5.41) is 2.69. The third-order valence-corrected chi connectivity index (χ3v) is 3.70. The summed E-state index contributed by atoms with van der Waals surface area (Å²) >= 11 is 0. The lowest BCUT2D eigenvalue weighted by molar-refractivity contribution is -0.123. The van der Waals surface area contributed by atoms with E-state index in [9.17, 15) is 9.59 Å². The molecule has 1 aromatic heterocycles. The zero-order chi connectivity index (χ0) is 19.2. The summed E-state index contributed by atoms with van der Waals surface area (Å²) in [6.45, 7) is 3.22. The van der Waals surface area contributed by atoms with Crippen LogP contribution >= 0.6 is 0 Å². The topological polar surface area (TPSA) is 77.8 Å². The molecule has 0 saturated heterocycles. The molecule has 0 saturated carbocycles. The minimum atomic E-state index is -0.969. The SMILES string of the molecule is Cc1ccc(C(=O)OC(C)C(=O)Nc2ccc(Oc3ccccc3)cc2)o1. The molecule has 0 aliphatic heterocycles. The molecule has 138 valence electrons. The van der Waals surface area contributed by atoms with E-state index in [1.54, 1.807) is 37.3 Å². The fourth-order valence-corrected chi connectivity index (χ4v) is 2.29. The fraction of sp³-hybridized carbons (Fsp3) is 0.143. The van der Waals surface area contributed by atoms with E-state index in [0.717, 1.165) is 5.75 Å². The molecule has 1 atom stereocenters. The fourth-order valence-electron chi connectivity index (χ4n) is 2.29. The van der Waals surface area contributed by atoms with E-state index in [4.69, 9.17) is 13.9 Å². The van der Waals surface area contributed by atoms with Crippen LogP contribution in [0.2, 0.25) is 0 Å². The Kier molecular flexibility index (Phi) is 5.56. The number of anilines is 1. The average molecular weight is 365 g/mol. The van der Waals surface area contributed by atoms with Gasteiger partial charge in [-0.3, -0.25) is 4.79 Å². The Hall–Kier alpha value is -3.54. The van der Waals surface area contributed by atoms with Crippen molar-refractivity contribution in [2.75, 3.05) is 5.32 Å². The van der Waals surface area contributed by atoms with Crippen molar-refractivity contribution >= 4 is 17.6 Å². The van der Waals surface area contributed by atoms with Crippen molar-refractivity contribution in [2.24, 2.45) is 0 Å². The first-order valence-electron chi connectivity index (χ1n) is 8.42. The van der Waals surface area contributed by atoms with Crippen molar-refractivity contribution in [3.8, 4) is 11.5 Å². The predicted molar refractivity (Wildman–Crippen MR) is 99.9 cm³/mol. The number of aryl methyl sites for hydroxylation is 1. The van der Waals surface area contributed by atoms with Gasteiger partial charge in [-0.2, -0.15) is 0 Å². The lowest BCUT2D eigenvalue weighted by atomic mass is 10.2. The maximum Gasteiger partial charge on any atom is 0.375 e. The number of benzene rings is 2. The van der Waals surface area contributed by atoms with Gasteiger partial charge in [0.1, 0.15) is 17.3 Å². The van der Waals surface area contributed by atoms with E-state index in [-0.39, 0.29) is 5.76 Å². The van der Waals surface area contributed by atoms with Gasteiger partial charge in [-0.1, -0.05) is 18.2 Å². The molecule has 2 aromatic carbocycles. The van der Waals surface area contributed by atoms with E-state index in [1.165, 1.54) is 13.0 Å². The van der Waals surface area contributed by atoms with Crippen LogP contribution in [0.25, 0.3) is 0 Å². The van der Waals surface area contributed by atoms with Crippen molar-refractivity contribution in [1.82, 2.24) is 0 Å². The molecule has 3 rings (SSSR count). The van der Waals surface area contributed by atoms with Gasteiger partial charge in [0.2, 0.25) is 5.76 Å². The van der Waals surface area contributed by atoms with Crippen LogP contribution in [-0.2, 0) is 9.53 Å². The number of hydrogen-bond donors (Lipinski definition) is 1. The number of amides is 1. The highest BCUT2D eigenvalue weighted by molar-refractivity contribution is 5.96. The first kappa shape index (κ1) is 18.3. The van der Waals surface area contributed by atoms with E-state index >= 15 is 0 Å². The summed E-state index contributed by atoms with van der Waals surface area (Å²) in [5.74, 6) is 0.905. The van der Waals surface area contributed by atoms with Gasteiger partial charge in [0.25, 0.3) is 5.91 Å². The number of ether oxygens (including phenoxy) is 2. The van der Waals surface area contributed by atoms with Crippen LogP contribution in [-0.4, -0.2) is 18.0 Å². The van der Waals surface area contributed by atoms with Crippen LogP contribution in [0, 0.1) is 6.92 Å². The molecule has 27 heavy (non-hydrogen) atoms. The molecule has 0 aliphatic rings. The first-order chi connectivity index (χ1) is 13.0. The number of hydrogen-bond acceptors (Lipinski definition) is 5. The Morgan fingerprint density at radius 1 is 0.926 bits per heavy atom. The largest absolute Gasteiger partial charge is 0.457 e. The monoisotopic (exact) mass is 365 g/mol. The average Bonchev–Trinajstić information content (AvgIpc) is 3.10. The van der Waals surface area contributed by atoms with Gasteiger partial charge in [0.15, 0.2) is 6.10 Å². The quantitative estimate of drug-likeness (QED) is 0.648. The molecule has 0 spiro atoms. The number of carbonyl (C=O) groups excluding carboxylic acids is 2. The summed E-state index contributed by atoms with van der Waals surface area (Å²) < 4.78 is 16.0. The molecule has 1 unspecified atom stereocenters. The van der Waals surface area contributed by atoms with Crippen molar-refractivity contribution in [3.63, 3.8) is 0 Å². The Balaban J connectivity index is 1.54. The van der Waals surface area contributed by atoms with Gasteiger partial charge in [-0.05, 0) is 62.4 Å². The van der Waals surface area contributed by atoms with Crippen LogP contribution in [0.3, 0.4) is 0 Å².